The van der Waals surface area contributed by atoms with Crippen molar-refractivity contribution in [2.24, 2.45) is 0 Å². The molecule has 21 heavy (non-hydrogen) atoms. The van der Waals surface area contributed by atoms with E-state index in [1.807, 2.05) is 0 Å². The van der Waals surface area contributed by atoms with E-state index < -0.39 is 16.3 Å². The molecule has 1 atom stereocenters. The smallest absolute Gasteiger partial charge is 0.313 e. The monoisotopic (exact) mass is 294 g/mol. The zero-order chi connectivity index (χ0) is 15.6. The van der Waals surface area contributed by atoms with E-state index in [4.69, 9.17) is 4.74 Å². The van der Waals surface area contributed by atoms with Crippen molar-refractivity contribution in [2.75, 3.05) is 18.5 Å². The normalized spacial score (nSPS) is 17.9. The number of nitrogens with one attached hydrogen (secondary N) is 1. The highest BCUT2D eigenvalue weighted by molar-refractivity contribution is 5.81. The van der Waals surface area contributed by atoms with Crippen LogP contribution in [0.3, 0.4) is 0 Å². The maximum Gasteiger partial charge on any atom is 0.313 e. The Labute approximate surface area is 122 Å². The van der Waals surface area contributed by atoms with Crippen LogP contribution in [-0.2, 0) is 14.9 Å². The summed E-state index contributed by atoms with van der Waals surface area (Å²) in [6, 6.07) is 4.35. The van der Waals surface area contributed by atoms with Gasteiger partial charge in [0.1, 0.15) is 5.69 Å². The molecule has 1 unspecified atom stereocenters. The number of anilines is 1. The van der Waals surface area contributed by atoms with Gasteiger partial charge < -0.3 is 15.2 Å². The molecule has 0 aromatic heterocycles. The van der Waals surface area contributed by atoms with Crippen LogP contribution in [0.15, 0.2) is 18.2 Å². The van der Waals surface area contributed by atoms with Crippen LogP contribution in [0.25, 0.3) is 0 Å². The number of nitro groups is 1. The van der Waals surface area contributed by atoms with Gasteiger partial charge in [-0.25, -0.2) is 0 Å². The topological polar surface area (TPSA) is 102 Å². The molecule has 2 rings (SSSR count). The summed E-state index contributed by atoms with van der Waals surface area (Å²) in [7, 11) is 0. The molecule has 0 radical (unpaired) electrons. The molecule has 1 aliphatic heterocycles. The van der Waals surface area contributed by atoms with E-state index in [9.17, 15) is 20.0 Å². The van der Waals surface area contributed by atoms with Crippen LogP contribution in [0.2, 0.25) is 0 Å². The Balaban J connectivity index is 2.29. The number of nitrogens with zero attached hydrogens (tertiary/aromatic N) is 1. The minimum absolute atomic E-state index is 0.0562. The molecular formula is C14H18N2O5. The predicted octanol–water partition coefficient (Wildman–Crippen LogP) is 2.16. The van der Waals surface area contributed by atoms with Gasteiger partial charge in [0, 0.05) is 19.2 Å². The van der Waals surface area contributed by atoms with Gasteiger partial charge in [0.25, 0.3) is 5.69 Å². The van der Waals surface area contributed by atoms with Crippen molar-refractivity contribution >= 4 is 17.3 Å². The highest BCUT2D eigenvalue weighted by Crippen LogP contribution is 2.32. The summed E-state index contributed by atoms with van der Waals surface area (Å²) in [5, 5.41) is 23.3. The molecule has 1 aromatic rings. The average molecular weight is 294 g/mol. The predicted molar refractivity (Wildman–Crippen MR) is 76.6 cm³/mol. The Bertz CT molecular complexity index is 566. The molecule has 0 bridgehead atoms. The average Bonchev–Trinajstić information content (AvgIpc) is 2.36. The van der Waals surface area contributed by atoms with Crippen LogP contribution in [-0.4, -0.2) is 35.3 Å². The fraction of sp³-hybridized carbons (Fsp3) is 0.500. The zero-order valence-electron chi connectivity index (χ0n) is 12.0. The Kier molecular flexibility index (Phi) is 4.13. The van der Waals surface area contributed by atoms with Crippen molar-refractivity contribution in [1.82, 2.24) is 0 Å². The van der Waals surface area contributed by atoms with Crippen molar-refractivity contribution in [3.63, 3.8) is 0 Å². The van der Waals surface area contributed by atoms with Crippen LogP contribution in [0.4, 0.5) is 11.4 Å². The molecule has 1 saturated heterocycles. The molecule has 1 aromatic carbocycles. The quantitative estimate of drug-likeness (QED) is 0.615. The standard InChI is InChI=1S/C14H18N2O5/c1-14(2,13(17)18)9-3-4-12(16(19)20)11(7-9)15-8-10-5-6-21-10/h3-4,7,10,15H,5-6,8H2,1-2H3,(H,17,18). The second-order valence-electron chi connectivity index (χ2n) is 5.58. The van der Waals surface area contributed by atoms with Gasteiger partial charge in [-0.3, -0.25) is 14.9 Å². The van der Waals surface area contributed by atoms with Crippen molar-refractivity contribution < 1.29 is 19.6 Å². The van der Waals surface area contributed by atoms with Crippen LogP contribution < -0.4 is 5.32 Å². The number of ether oxygens (including phenoxy) is 1. The van der Waals surface area contributed by atoms with E-state index in [-0.39, 0.29) is 11.8 Å². The molecule has 114 valence electrons. The van der Waals surface area contributed by atoms with Gasteiger partial charge in [-0.1, -0.05) is 6.07 Å². The van der Waals surface area contributed by atoms with E-state index in [1.165, 1.54) is 18.2 Å². The lowest BCUT2D eigenvalue weighted by molar-refractivity contribution is -0.384. The lowest BCUT2D eigenvalue weighted by atomic mass is 9.84. The molecule has 0 aliphatic carbocycles. The van der Waals surface area contributed by atoms with Gasteiger partial charge in [0.15, 0.2) is 0 Å². The van der Waals surface area contributed by atoms with Crippen LogP contribution in [0.1, 0.15) is 25.8 Å². The first-order valence-electron chi connectivity index (χ1n) is 6.70. The Morgan fingerprint density at radius 3 is 2.71 bits per heavy atom. The molecular weight excluding hydrogens is 276 g/mol. The first-order chi connectivity index (χ1) is 9.82. The lowest BCUT2D eigenvalue weighted by Crippen LogP contribution is -2.33. The minimum atomic E-state index is -1.11. The first-order valence-corrected chi connectivity index (χ1v) is 6.70. The zero-order valence-corrected chi connectivity index (χ0v) is 12.0. The van der Waals surface area contributed by atoms with Gasteiger partial charge in [-0.2, -0.15) is 0 Å². The second kappa shape index (κ2) is 5.69. The summed E-state index contributed by atoms with van der Waals surface area (Å²) < 4.78 is 5.26. The number of rotatable bonds is 6. The first kappa shape index (κ1) is 15.2. The number of carbonyl (C=O) groups is 1. The number of nitro benzene ring substituents is 1. The third kappa shape index (κ3) is 3.13. The SMILES string of the molecule is CC(C)(C(=O)O)c1ccc([N+](=O)[O-])c(NCC2CCO2)c1. The van der Waals surface area contributed by atoms with E-state index in [2.05, 4.69) is 5.32 Å². The largest absolute Gasteiger partial charge is 0.481 e. The maximum atomic E-state index is 11.3. The number of aliphatic carboxylic acids is 1. The Hall–Kier alpha value is -2.15. The fourth-order valence-electron chi connectivity index (χ4n) is 2.02. The van der Waals surface area contributed by atoms with E-state index in [0.29, 0.717) is 24.4 Å². The molecule has 1 heterocycles. The minimum Gasteiger partial charge on any atom is -0.481 e. The molecule has 1 aliphatic rings. The maximum absolute atomic E-state index is 11.3. The molecule has 1 fully saturated rings. The van der Waals surface area contributed by atoms with E-state index in [0.717, 1.165) is 6.42 Å². The number of carboxylic acid groups (broad SMARTS) is 1. The van der Waals surface area contributed by atoms with Gasteiger partial charge in [0.05, 0.1) is 16.4 Å². The molecule has 2 N–H and O–H groups in total. The molecule has 7 heteroatoms. The second-order valence-corrected chi connectivity index (χ2v) is 5.58. The Morgan fingerprint density at radius 1 is 1.57 bits per heavy atom. The van der Waals surface area contributed by atoms with Gasteiger partial charge >= 0.3 is 5.97 Å². The van der Waals surface area contributed by atoms with Crippen LogP contribution in [0.5, 0.6) is 0 Å². The number of hydrogen-bond donors (Lipinski definition) is 2. The lowest BCUT2D eigenvalue weighted by Gasteiger charge is -2.27. The summed E-state index contributed by atoms with van der Waals surface area (Å²) >= 11 is 0. The summed E-state index contributed by atoms with van der Waals surface area (Å²) in [4.78, 5) is 21.9. The summed E-state index contributed by atoms with van der Waals surface area (Å²) in [5.74, 6) is -0.982. The number of hydrogen-bond acceptors (Lipinski definition) is 5. The summed E-state index contributed by atoms with van der Waals surface area (Å²) in [6.45, 7) is 4.31. The Morgan fingerprint density at radius 2 is 2.24 bits per heavy atom. The highest BCUT2D eigenvalue weighted by Gasteiger charge is 2.31. The molecule has 0 amide bonds. The molecule has 0 spiro atoms. The van der Waals surface area contributed by atoms with Gasteiger partial charge in [-0.05, 0) is 31.9 Å². The fourth-order valence-corrected chi connectivity index (χ4v) is 2.02. The third-order valence-corrected chi connectivity index (χ3v) is 3.76. The van der Waals surface area contributed by atoms with Gasteiger partial charge in [-0.15, -0.1) is 0 Å². The van der Waals surface area contributed by atoms with Crippen LogP contribution in [0, 0.1) is 10.1 Å². The summed E-state index contributed by atoms with van der Waals surface area (Å²) in [5.41, 5.74) is -0.349. The van der Waals surface area contributed by atoms with Crippen LogP contribution >= 0.6 is 0 Å². The highest BCUT2D eigenvalue weighted by atomic mass is 16.6. The van der Waals surface area contributed by atoms with Crippen molar-refractivity contribution in [3.8, 4) is 0 Å². The van der Waals surface area contributed by atoms with Crippen molar-refractivity contribution in [2.45, 2.75) is 31.8 Å². The molecule has 7 nitrogen and oxygen atoms in total. The van der Waals surface area contributed by atoms with Gasteiger partial charge in [0.2, 0.25) is 0 Å². The van der Waals surface area contributed by atoms with E-state index in [1.54, 1.807) is 13.8 Å². The van der Waals surface area contributed by atoms with Crippen molar-refractivity contribution in [1.29, 1.82) is 0 Å². The summed E-state index contributed by atoms with van der Waals surface area (Å²) in [6.07, 6.45) is 0.974. The third-order valence-electron chi connectivity index (χ3n) is 3.76. The van der Waals surface area contributed by atoms with E-state index >= 15 is 0 Å². The molecule has 0 saturated carbocycles. The number of benzene rings is 1. The van der Waals surface area contributed by atoms with Crippen molar-refractivity contribution in [3.05, 3.63) is 33.9 Å². The number of carboxylic acids is 1.